The zero-order valence-electron chi connectivity index (χ0n) is 16.6. The van der Waals surface area contributed by atoms with Crippen molar-refractivity contribution >= 4 is 17.3 Å². The summed E-state index contributed by atoms with van der Waals surface area (Å²) < 4.78 is 6.73. The number of carbonyl (C=O) groups excluding carboxylic acids is 1. The number of nitrogens with one attached hydrogen (secondary N) is 2. The Balaban J connectivity index is 1.50. The molecule has 31 heavy (non-hydrogen) atoms. The van der Waals surface area contributed by atoms with Crippen molar-refractivity contribution in [2.45, 2.75) is 6.54 Å². The number of aromatic nitrogens is 2. The van der Waals surface area contributed by atoms with Gasteiger partial charge in [0.1, 0.15) is 23.7 Å². The fraction of sp³-hybridized carbons (Fsp3) is 0.190. The van der Waals surface area contributed by atoms with Gasteiger partial charge in [-0.25, -0.2) is 4.68 Å². The number of nitro benzene ring substituents is 1. The number of para-hydroxylation sites is 3. The normalized spacial score (nSPS) is 10.3. The smallest absolute Gasteiger partial charge is 0.292 e. The SMILES string of the molecule is O=C(NCCNc1ccccc1[N+](=O)[O-])c1ccc(=O)n(CCOc2ccccc2)n1. The summed E-state index contributed by atoms with van der Waals surface area (Å²) in [4.78, 5) is 34.9. The Hall–Kier alpha value is -4.21. The van der Waals surface area contributed by atoms with Gasteiger partial charge in [-0.3, -0.25) is 19.7 Å². The lowest BCUT2D eigenvalue weighted by molar-refractivity contribution is -0.384. The van der Waals surface area contributed by atoms with Crippen molar-refractivity contribution in [2.75, 3.05) is 25.0 Å². The molecule has 0 saturated heterocycles. The van der Waals surface area contributed by atoms with Crippen molar-refractivity contribution < 1.29 is 14.5 Å². The predicted octanol–water partition coefficient (Wildman–Crippen LogP) is 2.07. The molecule has 0 aliphatic carbocycles. The first-order valence-electron chi connectivity index (χ1n) is 9.56. The summed E-state index contributed by atoms with van der Waals surface area (Å²) in [6.07, 6.45) is 0. The fourth-order valence-corrected chi connectivity index (χ4v) is 2.74. The van der Waals surface area contributed by atoms with E-state index in [1.807, 2.05) is 18.2 Å². The Kier molecular flexibility index (Phi) is 7.30. The van der Waals surface area contributed by atoms with Crippen LogP contribution in [-0.4, -0.2) is 40.3 Å². The van der Waals surface area contributed by atoms with E-state index in [0.29, 0.717) is 11.4 Å². The summed E-state index contributed by atoms with van der Waals surface area (Å²) in [6, 6.07) is 18.0. The van der Waals surface area contributed by atoms with Gasteiger partial charge in [-0.05, 0) is 24.3 Å². The molecule has 0 atom stereocenters. The standard InChI is InChI=1S/C21H21N5O5/c27-20-11-10-18(24-25(20)14-15-31-16-6-2-1-3-7-16)21(28)23-13-12-22-17-8-4-5-9-19(17)26(29)30/h1-11,22H,12-15H2,(H,23,28). The average Bonchev–Trinajstić information content (AvgIpc) is 2.78. The second-order valence-corrected chi connectivity index (χ2v) is 6.40. The second-order valence-electron chi connectivity index (χ2n) is 6.40. The lowest BCUT2D eigenvalue weighted by atomic mass is 10.2. The van der Waals surface area contributed by atoms with E-state index in [1.165, 1.54) is 22.9 Å². The van der Waals surface area contributed by atoms with E-state index < -0.39 is 10.8 Å². The Bertz CT molecular complexity index is 1100. The van der Waals surface area contributed by atoms with Crippen molar-refractivity contribution in [1.29, 1.82) is 0 Å². The van der Waals surface area contributed by atoms with Gasteiger partial charge in [0.2, 0.25) is 0 Å². The number of carbonyl (C=O) groups is 1. The Morgan fingerprint density at radius 3 is 2.55 bits per heavy atom. The third-order valence-electron chi connectivity index (χ3n) is 4.24. The van der Waals surface area contributed by atoms with Crippen molar-refractivity contribution in [3.63, 3.8) is 0 Å². The highest BCUT2D eigenvalue weighted by Gasteiger charge is 2.12. The van der Waals surface area contributed by atoms with Gasteiger partial charge in [0.05, 0.1) is 11.5 Å². The minimum Gasteiger partial charge on any atom is -0.492 e. The maximum Gasteiger partial charge on any atom is 0.292 e. The van der Waals surface area contributed by atoms with Crippen molar-refractivity contribution in [3.05, 3.63) is 92.9 Å². The molecule has 2 aromatic carbocycles. The maximum absolute atomic E-state index is 12.3. The zero-order valence-corrected chi connectivity index (χ0v) is 16.6. The molecule has 0 bridgehead atoms. The summed E-state index contributed by atoms with van der Waals surface area (Å²) in [5.41, 5.74) is 0.0726. The molecule has 1 aromatic heterocycles. The average molecular weight is 423 g/mol. The highest BCUT2D eigenvalue weighted by molar-refractivity contribution is 5.92. The van der Waals surface area contributed by atoms with Gasteiger partial charge in [0.25, 0.3) is 17.2 Å². The number of hydrogen-bond acceptors (Lipinski definition) is 7. The van der Waals surface area contributed by atoms with E-state index in [4.69, 9.17) is 4.74 Å². The summed E-state index contributed by atoms with van der Waals surface area (Å²) >= 11 is 0. The predicted molar refractivity (Wildman–Crippen MR) is 114 cm³/mol. The first-order valence-corrected chi connectivity index (χ1v) is 9.56. The van der Waals surface area contributed by atoms with E-state index in [2.05, 4.69) is 15.7 Å². The Labute approximate surface area is 177 Å². The van der Waals surface area contributed by atoms with Crippen LogP contribution in [0, 0.1) is 10.1 Å². The van der Waals surface area contributed by atoms with E-state index in [-0.39, 0.29) is 43.2 Å². The molecule has 0 unspecified atom stereocenters. The van der Waals surface area contributed by atoms with Crippen molar-refractivity contribution in [3.8, 4) is 5.75 Å². The van der Waals surface area contributed by atoms with Gasteiger partial charge in [0.15, 0.2) is 0 Å². The molecule has 0 spiro atoms. The summed E-state index contributed by atoms with van der Waals surface area (Å²) in [6.45, 7) is 0.903. The number of benzene rings is 2. The molecule has 0 saturated carbocycles. The maximum atomic E-state index is 12.3. The van der Waals surface area contributed by atoms with Crippen molar-refractivity contribution in [1.82, 2.24) is 15.1 Å². The molecule has 10 nitrogen and oxygen atoms in total. The molecule has 0 fully saturated rings. The molecular weight excluding hydrogens is 402 g/mol. The molecule has 0 radical (unpaired) electrons. The Morgan fingerprint density at radius 1 is 1.03 bits per heavy atom. The summed E-state index contributed by atoms with van der Waals surface area (Å²) in [7, 11) is 0. The molecule has 160 valence electrons. The first-order chi connectivity index (χ1) is 15.0. The lowest BCUT2D eigenvalue weighted by Crippen LogP contribution is -2.33. The topological polar surface area (TPSA) is 128 Å². The summed E-state index contributed by atoms with van der Waals surface area (Å²) in [5, 5.41) is 20.7. The van der Waals surface area contributed by atoms with Crippen LogP contribution in [0.15, 0.2) is 71.5 Å². The lowest BCUT2D eigenvalue weighted by Gasteiger charge is -2.10. The van der Waals surface area contributed by atoms with Gasteiger partial charge in [-0.1, -0.05) is 30.3 Å². The van der Waals surface area contributed by atoms with Crippen LogP contribution in [0.3, 0.4) is 0 Å². The number of anilines is 1. The number of rotatable bonds is 10. The van der Waals surface area contributed by atoms with Crippen LogP contribution in [0.4, 0.5) is 11.4 Å². The third-order valence-corrected chi connectivity index (χ3v) is 4.24. The molecule has 1 heterocycles. The Morgan fingerprint density at radius 2 is 1.77 bits per heavy atom. The van der Waals surface area contributed by atoms with Gasteiger partial charge < -0.3 is 15.4 Å². The second kappa shape index (κ2) is 10.5. The highest BCUT2D eigenvalue weighted by Crippen LogP contribution is 2.22. The van der Waals surface area contributed by atoms with E-state index in [1.54, 1.807) is 30.3 Å². The van der Waals surface area contributed by atoms with E-state index in [0.717, 1.165) is 0 Å². The van der Waals surface area contributed by atoms with Crippen LogP contribution in [-0.2, 0) is 6.54 Å². The van der Waals surface area contributed by atoms with Crippen LogP contribution >= 0.6 is 0 Å². The molecule has 3 rings (SSSR count). The molecule has 2 N–H and O–H groups in total. The van der Waals surface area contributed by atoms with Crippen LogP contribution < -0.4 is 20.9 Å². The molecular formula is C21H21N5O5. The van der Waals surface area contributed by atoms with Crippen molar-refractivity contribution in [2.24, 2.45) is 0 Å². The molecule has 0 aliphatic rings. The minimum atomic E-state index is -0.477. The van der Waals surface area contributed by atoms with Crippen LogP contribution in [0.5, 0.6) is 5.75 Å². The van der Waals surface area contributed by atoms with E-state index >= 15 is 0 Å². The van der Waals surface area contributed by atoms with Gasteiger partial charge >= 0.3 is 0 Å². The van der Waals surface area contributed by atoms with Gasteiger partial charge in [-0.15, -0.1) is 0 Å². The zero-order chi connectivity index (χ0) is 22.1. The number of nitro groups is 1. The fourth-order valence-electron chi connectivity index (χ4n) is 2.74. The number of nitrogens with zero attached hydrogens (tertiary/aromatic N) is 3. The van der Waals surface area contributed by atoms with Gasteiger partial charge in [0, 0.05) is 25.2 Å². The van der Waals surface area contributed by atoms with E-state index in [9.17, 15) is 19.7 Å². The largest absolute Gasteiger partial charge is 0.492 e. The van der Waals surface area contributed by atoms with Crippen LogP contribution in [0.25, 0.3) is 0 Å². The number of hydrogen-bond donors (Lipinski definition) is 2. The van der Waals surface area contributed by atoms with Gasteiger partial charge in [-0.2, -0.15) is 5.10 Å². The molecule has 0 aliphatic heterocycles. The third kappa shape index (κ3) is 6.13. The summed E-state index contributed by atoms with van der Waals surface area (Å²) in [5.74, 6) is 0.220. The van der Waals surface area contributed by atoms with Crippen LogP contribution in [0.1, 0.15) is 10.5 Å². The monoisotopic (exact) mass is 423 g/mol. The highest BCUT2D eigenvalue weighted by atomic mass is 16.6. The quantitative estimate of drug-likeness (QED) is 0.290. The van der Waals surface area contributed by atoms with Crippen LogP contribution in [0.2, 0.25) is 0 Å². The number of amides is 1. The molecule has 10 heteroatoms. The first kappa shape index (κ1) is 21.5. The molecule has 1 amide bonds. The number of ether oxygens (including phenoxy) is 1. The minimum absolute atomic E-state index is 0.0414. The molecule has 3 aromatic rings.